The van der Waals surface area contributed by atoms with Crippen LogP contribution >= 0.6 is 34.8 Å². The lowest BCUT2D eigenvalue weighted by Crippen LogP contribution is -2.01. The highest BCUT2D eigenvalue weighted by Crippen LogP contribution is 2.33. The predicted octanol–water partition coefficient (Wildman–Crippen LogP) is 4.64. The number of hydrogen-bond acceptors (Lipinski definition) is 3. The lowest BCUT2D eigenvalue weighted by atomic mass is 10.1. The summed E-state index contributed by atoms with van der Waals surface area (Å²) >= 11 is 18.2. The van der Waals surface area contributed by atoms with Gasteiger partial charge >= 0.3 is 0 Å². The first-order chi connectivity index (χ1) is 9.11. The maximum Gasteiger partial charge on any atom is 0.156 e. The van der Waals surface area contributed by atoms with E-state index < -0.39 is 0 Å². The molecular weight excluding hydrogens is 307 g/mol. The molecule has 0 aliphatic rings. The summed E-state index contributed by atoms with van der Waals surface area (Å²) in [6, 6.07) is 7.00. The second-order valence-corrected chi connectivity index (χ2v) is 4.90. The van der Waals surface area contributed by atoms with Crippen molar-refractivity contribution in [1.82, 2.24) is 9.97 Å². The Hall–Kier alpha value is -0.870. The van der Waals surface area contributed by atoms with Crippen LogP contribution in [0.5, 0.6) is 0 Å². The van der Waals surface area contributed by atoms with E-state index in [1.807, 2.05) is 19.1 Å². The van der Waals surface area contributed by atoms with Crippen LogP contribution < -0.4 is 0 Å². The molecule has 0 aliphatic heterocycles. The van der Waals surface area contributed by atoms with E-state index in [9.17, 15) is 0 Å². The molecule has 0 spiro atoms. The predicted molar refractivity (Wildman–Crippen MR) is 77.8 cm³/mol. The minimum absolute atomic E-state index is 0.308. The van der Waals surface area contributed by atoms with Gasteiger partial charge in [-0.25, -0.2) is 9.97 Å². The standard InChI is InChI=1S/C13H11Cl3N2O/c1-2-19-7-12-17-10(6-11(15)18-12)8-4-3-5-9(14)13(8)16/h3-6H,2,7H2,1H3. The molecule has 0 aliphatic carbocycles. The van der Waals surface area contributed by atoms with Crippen LogP contribution in [0.3, 0.4) is 0 Å². The van der Waals surface area contributed by atoms with Crippen LogP contribution in [-0.2, 0) is 11.3 Å². The summed E-state index contributed by atoms with van der Waals surface area (Å²) in [6.45, 7) is 2.80. The highest BCUT2D eigenvalue weighted by Gasteiger charge is 2.11. The Balaban J connectivity index is 2.44. The summed E-state index contributed by atoms with van der Waals surface area (Å²) < 4.78 is 5.28. The quantitative estimate of drug-likeness (QED) is 0.771. The molecule has 0 saturated carbocycles. The van der Waals surface area contributed by atoms with Crippen LogP contribution in [0.25, 0.3) is 11.3 Å². The van der Waals surface area contributed by atoms with Crippen LogP contribution in [0.2, 0.25) is 15.2 Å². The topological polar surface area (TPSA) is 35.0 Å². The molecule has 0 radical (unpaired) electrons. The maximum absolute atomic E-state index is 6.17. The monoisotopic (exact) mass is 316 g/mol. The zero-order chi connectivity index (χ0) is 13.8. The van der Waals surface area contributed by atoms with Crippen molar-refractivity contribution in [2.24, 2.45) is 0 Å². The zero-order valence-electron chi connectivity index (χ0n) is 10.2. The number of rotatable bonds is 4. The molecule has 0 N–H and O–H groups in total. The fraction of sp³-hybridized carbons (Fsp3) is 0.231. The van der Waals surface area contributed by atoms with Gasteiger partial charge in [-0.15, -0.1) is 0 Å². The molecule has 0 saturated heterocycles. The van der Waals surface area contributed by atoms with E-state index in [4.69, 9.17) is 39.5 Å². The molecular formula is C13H11Cl3N2O. The minimum atomic E-state index is 0.308. The second-order valence-electron chi connectivity index (χ2n) is 3.73. The molecule has 1 aromatic carbocycles. The van der Waals surface area contributed by atoms with E-state index in [1.165, 1.54) is 0 Å². The van der Waals surface area contributed by atoms with Crippen LogP contribution in [-0.4, -0.2) is 16.6 Å². The van der Waals surface area contributed by atoms with E-state index in [0.717, 1.165) is 5.56 Å². The number of hydrogen-bond donors (Lipinski definition) is 0. The van der Waals surface area contributed by atoms with Gasteiger partial charge in [0.15, 0.2) is 5.82 Å². The maximum atomic E-state index is 6.17. The summed E-state index contributed by atoms with van der Waals surface area (Å²) in [7, 11) is 0. The SMILES string of the molecule is CCOCc1nc(Cl)cc(-c2cccc(Cl)c2Cl)n1. The van der Waals surface area contributed by atoms with Gasteiger partial charge in [-0.2, -0.15) is 0 Å². The van der Waals surface area contributed by atoms with Crippen molar-refractivity contribution in [2.75, 3.05) is 6.61 Å². The number of ether oxygens (including phenoxy) is 1. The fourth-order valence-corrected chi connectivity index (χ4v) is 2.16. The first-order valence-corrected chi connectivity index (χ1v) is 6.80. The Morgan fingerprint density at radius 1 is 1.16 bits per heavy atom. The minimum Gasteiger partial charge on any atom is -0.374 e. The van der Waals surface area contributed by atoms with Gasteiger partial charge in [0.1, 0.15) is 11.8 Å². The molecule has 0 fully saturated rings. The van der Waals surface area contributed by atoms with Gasteiger partial charge in [0.25, 0.3) is 0 Å². The zero-order valence-corrected chi connectivity index (χ0v) is 12.4. The third-order valence-corrected chi connectivity index (χ3v) is 3.42. The third kappa shape index (κ3) is 3.57. The Morgan fingerprint density at radius 2 is 1.95 bits per heavy atom. The van der Waals surface area contributed by atoms with Gasteiger partial charge in [0.2, 0.25) is 0 Å². The molecule has 2 rings (SSSR count). The Bertz CT molecular complexity index is 590. The smallest absolute Gasteiger partial charge is 0.156 e. The second kappa shape index (κ2) is 6.53. The molecule has 3 nitrogen and oxygen atoms in total. The van der Waals surface area contributed by atoms with E-state index in [2.05, 4.69) is 9.97 Å². The Morgan fingerprint density at radius 3 is 2.68 bits per heavy atom. The number of halogens is 3. The van der Waals surface area contributed by atoms with Gasteiger partial charge in [-0.3, -0.25) is 0 Å². The van der Waals surface area contributed by atoms with Crippen LogP contribution in [0.4, 0.5) is 0 Å². The van der Waals surface area contributed by atoms with Gasteiger partial charge in [-0.05, 0) is 13.0 Å². The molecule has 0 unspecified atom stereocenters. The van der Waals surface area contributed by atoms with E-state index >= 15 is 0 Å². The Kier molecular flexibility index (Phi) is 4.99. The Labute approximate surface area is 126 Å². The van der Waals surface area contributed by atoms with Crippen LogP contribution in [0.15, 0.2) is 24.3 Å². The molecule has 19 heavy (non-hydrogen) atoms. The molecule has 1 heterocycles. The van der Waals surface area contributed by atoms with Gasteiger partial charge in [0, 0.05) is 18.2 Å². The summed E-state index contributed by atoms with van der Waals surface area (Å²) in [5.74, 6) is 0.514. The molecule has 1 aromatic heterocycles. The van der Waals surface area contributed by atoms with E-state index in [-0.39, 0.29) is 0 Å². The normalized spacial score (nSPS) is 10.7. The van der Waals surface area contributed by atoms with Crippen molar-refractivity contribution in [3.8, 4) is 11.3 Å². The molecule has 2 aromatic rings. The fourth-order valence-electron chi connectivity index (χ4n) is 1.56. The highest BCUT2D eigenvalue weighted by atomic mass is 35.5. The van der Waals surface area contributed by atoms with Gasteiger partial charge < -0.3 is 4.74 Å². The summed E-state index contributed by atoms with van der Waals surface area (Å²) in [5.41, 5.74) is 1.35. The molecule has 0 atom stereocenters. The first kappa shape index (κ1) is 14.5. The number of benzene rings is 1. The van der Waals surface area contributed by atoms with Crippen molar-refractivity contribution < 1.29 is 4.74 Å². The third-order valence-electron chi connectivity index (χ3n) is 2.40. The van der Waals surface area contributed by atoms with Crippen LogP contribution in [0, 0.1) is 0 Å². The highest BCUT2D eigenvalue weighted by molar-refractivity contribution is 6.43. The van der Waals surface area contributed by atoms with Crippen molar-refractivity contribution in [3.05, 3.63) is 45.3 Å². The van der Waals surface area contributed by atoms with E-state index in [0.29, 0.717) is 39.9 Å². The average molecular weight is 318 g/mol. The largest absolute Gasteiger partial charge is 0.374 e. The van der Waals surface area contributed by atoms with Crippen molar-refractivity contribution >= 4 is 34.8 Å². The van der Waals surface area contributed by atoms with Crippen molar-refractivity contribution in [3.63, 3.8) is 0 Å². The average Bonchev–Trinajstić information content (AvgIpc) is 2.39. The summed E-state index contributed by atoms with van der Waals surface area (Å²) in [5, 5.41) is 1.26. The summed E-state index contributed by atoms with van der Waals surface area (Å²) in [4.78, 5) is 8.48. The van der Waals surface area contributed by atoms with Crippen molar-refractivity contribution in [2.45, 2.75) is 13.5 Å². The van der Waals surface area contributed by atoms with Gasteiger partial charge in [0.05, 0.1) is 15.7 Å². The molecule has 6 heteroatoms. The lowest BCUT2D eigenvalue weighted by molar-refractivity contribution is 0.128. The van der Waals surface area contributed by atoms with Crippen molar-refractivity contribution in [1.29, 1.82) is 0 Å². The molecule has 0 bridgehead atoms. The summed E-state index contributed by atoms with van der Waals surface area (Å²) in [6.07, 6.45) is 0. The van der Waals surface area contributed by atoms with Gasteiger partial charge in [-0.1, -0.05) is 46.9 Å². The molecule has 0 amide bonds. The first-order valence-electron chi connectivity index (χ1n) is 5.67. The lowest BCUT2D eigenvalue weighted by Gasteiger charge is -2.08. The number of nitrogens with zero attached hydrogens (tertiary/aromatic N) is 2. The number of aromatic nitrogens is 2. The molecule has 100 valence electrons. The van der Waals surface area contributed by atoms with E-state index in [1.54, 1.807) is 12.1 Å². The van der Waals surface area contributed by atoms with Crippen LogP contribution in [0.1, 0.15) is 12.7 Å².